The van der Waals surface area contributed by atoms with Gasteiger partial charge in [0.15, 0.2) is 11.5 Å². The lowest BCUT2D eigenvalue weighted by Gasteiger charge is -2.22. The van der Waals surface area contributed by atoms with Crippen LogP contribution in [0.3, 0.4) is 0 Å². The third-order valence-electron chi connectivity index (χ3n) is 3.34. The molecule has 0 bridgehead atoms. The van der Waals surface area contributed by atoms with E-state index in [0.29, 0.717) is 17.2 Å². The highest BCUT2D eigenvalue weighted by Crippen LogP contribution is 2.40. The predicted octanol–water partition coefficient (Wildman–Crippen LogP) is 0.860. The van der Waals surface area contributed by atoms with Crippen molar-refractivity contribution in [2.75, 3.05) is 48.6 Å². The smallest absolute Gasteiger partial charge is 0.319 e. The molecule has 8 heteroatoms. The maximum Gasteiger partial charge on any atom is 0.319 e. The zero-order chi connectivity index (χ0) is 18.1. The second-order valence-corrected chi connectivity index (χ2v) is 4.79. The van der Waals surface area contributed by atoms with Crippen molar-refractivity contribution >= 4 is 11.9 Å². The molecular formula is C16H23NO7. The van der Waals surface area contributed by atoms with Crippen LogP contribution in [-0.4, -0.2) is 65.5 Å². The monoisotopic (exact) mass is 341 g/mol. The molecule has 0 saturated heterocycles. The first-order valence-corrected chi connectivity index (χ1v) is 7.14. The zero-order valence-electron chi connectivity index (χ0n) is 14.6. The largest absolute Gasteiger partial charge is 0.493 e. The summed E-state index contributed by atoms with van der Waals surface area (Å²) in [6.07, 6.45) is 0. The molecule has 0 N–H and O–H groups in total. The lowest BCUT2D eigenvalue weighted by Crippen LogP contribution is -2.35. The number of benzene rings is 1. The SMILES string of the molecule is COC(=O)CN(CC(=O)OC)Cc1ccc(OC)c(OC)c1OC. The Bertz CT molecular complexity index is 556. The Morgan fingerprint density at radius 1 is 0.833 bits per heavy atom. The fraction of sp³-hybridized carbons (Fsp3) is 0.500. The average Bonchev–Trinajstić information content (AvgIpc) is 2.60. The second kappa shape index (κ2) is 9.61. The molecule has 134 valence electrons. The summed E-state index contributed by atoms with van der Waals surface area (Å²) in [5, 5.41) is 0. The van der Waals surface area contributed by atoms with E-state index in [4.69, 9.17) is 14.2 Å². The minimum atomic E-state index is -0.460. The van der Waals surface area contributed by atoms with Crippen molar-refractivity contribution in [2.24, 2.45) is 0 Å². The van der Waals surface area contributed by atoms with Gasteiger partial charge in [0.25, 0.3) is 0 Å². The molecule has 0 saturated carbocycles. The van der Waals surface area contributed by atoms with E-state index in [-0.39, 0.29) is 19.6 Å². The molecule has 0 radical (unpaired) electrons. The van der Waals surface area contributed by atoms with E-state index in [9.17, 15) is 9.59 Å². The number of rotatable bonds is 9. The first-order valence-electron chi connectivity index (χ1n) is 7.14. The average molecular weight is 341 g/mol. The standard InChI is InChI=1S/C16H23NO7/c1-20-12-7-6-11(15(23-4)16(12)24-5)8-17(9-13(18)21-2)10-14(19)22-3/h6-7H,8-10H2,1-5H3. The van der Waals surface area contributed by atoms with Crippen molar-refractivity contribution in [1.29, 1.82) is 0 Å². The Morgan fingerprint density at radius 3 is 1.79 bits per heavy atom. The number of methoxy groups -OCH3 is 5. The van der Waals surface area contributed by atoms with Crippen molar-refractivity contribution in [3.8, 4) is 17.2 Å². The molecule has 0 aliphatic carbocycles. The van der Waals surface area contributed by atoms with E-state index < -0.39 is 11.9 Å². The number of nitrogens with zero attached hydrogens (tertiary/aromatic N) is 1. The lowest BCUT2D eigenvalue weighted by molar-refractivity contribution is -0.145. The number of carbonyl (C=O) groups is 2. The molecule has 0 atom stereocenters. The number of hydrogen-bond donors (Lipinski definition) is 0. The van der Waals surface area contributed by atoms with E-state index in [2.05, 4.69) is 9.47 Å². The van der Waals surface area contributed by atoms with E-state index in [1.165, 1.54) is 35.5 Å². The Hall–Kier alpha value is -2.48. The predicted molar refractivity (Wildman–Crippen MR) is 85.4 cm³/mol. The van der Waals surface area contributed by atoms with Gasteiger partial charge in [-0.15, -0.1) is 0 Å². The van der Waals surface area contributed by atoms with Crippen molar-refractivity contribution in [1.82, 2.24) is 4.90 Å². The Balaban J connectivity index is 3.11. The van der Waals surface area contributed by atoms with Crippen LogP contribution in [0, 0.1) is 0 Å². The number of hydrogen-bond acceptors (Lipinski definition) is 8. The van der Waals surface area contributed by atoms with Gasteiger partial charge in [0, 0.05) is 12.1 Å². The Morgan fingerprint density at radius 2 is 1.38 bits per heavy atom. The first-order chi connectivity index (χ1) is 11.5. The number of ether oxygens (including phenoxy) is 5. The molecule has 0 aromatic heterocycles. The summed E-state index contributed by atoms with van der Waals surface area (Å²) in [7, 11) is 7.11. The fourth-order valence-corrected chi connectivity index (χ4v) is 2.19. The Kier molecular flexibility index (Phi) is 7.84. The van der Waals surface area contributed by atoms with E-state index >= 15 is 0 Å². The van der Waals surface area contributed by atoms with Crippen LogP contribution >= 0.6 is 0 Å². The van der Waals surface area contributed by atoms with E-state index in [0.717, 1.165) is 5.56 Å². The minimum Gasteiger partial charge on any atom is -0.493 e. The molecule has 1 rings (SSSR count). The third kappa shape index (κ3) is 5.02. The highest BCUT2D eigenvalue weighted by molar-refractivity contribution is 5.75. The molecule has 24 heavy (non-hydrogen) atoms. The van der Waals surface area contributed by atoms with Gasteiger partial charge >= 0.3 is 11.9 Å². The quantitative estimate of drug-likeness (QED) is 0.612. The maximum absolute atomic E-state index is 11.6. The van der Waals surface area contributed by atoms with Crippen LogP contribution in [0.4, 0.5) is 0 Å². The van der Waals surface area contributed by atoms with Crippen LogP contribution in [0.5, 0.6) is 17.2 Å². The normalized spacial score (nSPS) is 10.2. The van der Waals surface area contributed by atoms with Crippen LogP contribution in [0.2, 0.25) is 0 Å². The van der Waals surface area contributed by atoms with Gasteiger partial charge in [0.1, 0.15) is 0 Å². The lowest BCUT2D eigenvalue weighted by atomic mass is 10.1. The molecule has 0 aliphatic rings. The summed E-state index contributed by atoms with van der Waals surface area (Å²) < 4.78 is 25.3. The summed E-state index contributed by atoms with van der Waals surface area (Å²) in [4.78, 5) is 24.7. The van der Waals surface area contributed by atoms with Gasteiger partial charge in [0.2, 0.25) is 5.75 Å². The zero-order valence-corrected chi connectivity index (χ0v) is 14.6. The molecule has 0 spiro atoms. The highest BCUT2D eigenvalue weighted by Gasteiger charge is 2.21. The first kappa shape index (κ1) is 19.6. The maximum atomic E-state index is 11.6. The molecule has 1 aromatic rings. The van der Waals surface area contributed by atoms with Gasteiger partial charge in [-0.1, -0.05) is 6.07 Å². The van der Waals surface area contributed by atoms with Crippen molar-refractivity contribution in [2.45, 2.75) is 6.54 Å². The van der Waals surface area contributed by atoms with Crippen molar-refractivity contribution < 1.29 is 33.3 Å². The summed E-state index contributed by atoms with van der Waals surface area (Å²) in [5.74, 6) is 0.507. The number of esters is 2. The van der Waals surface area contributed by atoms with Crippen LogP contribution < -0.4 is 14.2 Å². The third-order valence-corrected chi connectivity index (χ3v) is 3.34. The summed E-state index contributed by atoms with van der Waals surface area (Å²) in [5.41, 5.74) is 0.725. The van der Waals surface area contributed by atoms with Crippen LogP contribution in [0.25, 0.3) is 0 Å². The molecule has 0 unspecified atom stereocenters. The summed E-state index contributed by atoms with van der Waals surface area (Å²) >= 11 is 0. The summed E-state index contributed by atoms with van der Waals surface area (Å²) in [6, 6.07) is 3.51. The second-order valence-electron chi connectivity index (χ2n) is 4.79. The molecule has 8 nitrogen and oxygen atoms in total. The molecule has 0 fully saturated rings. The topological polar surface area (TPSA) is 83.5 Å². The number of carbonyl (C=O) groups excluding carboxylic acids is 2. The van der Waals surface area contributed by atoms with Gasteiger partial charge in [-0.05, 0) is 6.07 Å². The van der Waals surface area contributed by atoms with Crippen LogP contribution in [0.15, 0.2) is 12.1 Å². The highest BCUT2D eigenvalue weighted by atomic mass is 16.5. The fourth-order valence-electron chi connectivity index (χ4n) is 2.19. The summed E-state index contributed by atoms with van der Waals surface area (Å²) in [6.45, 7) is 0.125. The minimum absolute atomic E-state index is 0.0664. The molecular weight excluding hydrogens is 318 g/mol. The Labute approximate surface area is 141 Å². The molecule has 1 aromatic carbocycles. The molecule has 0 amide bonds. The van der Waals surface area contributed by atoms with Crippen LogP contribution in [0.1, 0.15) is 5.56 Å². The van der Waals surface area contributed by atoms with Crippen molar-refractivity contribution in [3.05, 3.63) is 17.7 Å². The van der Waals surface area contributed by atoms with Crippen LogP contribution in [-0.2, 0) is 25.6 Å². The van der Waals surface area contributed by atoms with E-state index in [1.807, 2.05) is 0 Å². The van der Waals surface area contributed by atoms with Gasteiger partial charge < -0.3 is 23.7 Å². The molecule has 0 heterocycles. The molecule has 0 aliphatic heterocycles. The van der Waals surface area contributed by atoms with Gasteiger partial charge in [-0.2, -0.15) is 0 Å². The van der Waals surface area contributed by atoms with Crippen molar-refractivity contribution in [3.63, 3.8) is 0 Å². The van der Waals surface area contributed by atoms with Gasteiger partial charge in [-0.25, -0.2) is 0 Å². The van der Waals surface area contributed by atoms with Gasteiger partial charge in [-0.3, -0.25) is 14.5 Å². The van der Waals surface area contributed by atoms with E-state index in [1.54, 1.807) is 17.0 Å². The van der Waals surface area contributed by atoms with Gasteiger partial charge in [0.05, 0.1) is 48.6 Å².